The number of rotatable bonds is 4. The Kier molecular flexibility index (Phi) is 3.50. The molecule has 1 N–H and O–H groups in total. The van der Waals surface area contributed by atoms with Crippen molar-refractivity contribution in [2.24, 2.45) is 0 Å². The summed E-state index contributed by atoms with van der Waals surface area (Å²) in [6, 6.07) is 11.1. The van der Waals surface area contributed by atoms with Gasteiger partial charge in [-0.3, -0.25) is 0 Å². The van der Waals surface area contributed by atoms with E-state index in [0.717, 1.165) is 5.69 Å². The first kappa shape index (κ1) is 14.1. The van der Waals surface area contributed by atoms with E-state index in [2.05, 4.69) is 24.2 Å². The Morgan fingerprint density at radius 1 is 1.23 bits per heavy atom. The van der Waals surface area contributed by atoms with Crippen LogP contribution in [0.3, 0.4) is 0 Å². The van der Waals surface area contributed by atoms with Gasteiger partial charge in [-0.1, -0.05) is 31.2 Å². The first-order valence-electron chi connectivity index (χ1n) is 6.91. The topological polar surface area (TPSA) is 81.2 Å². The van der Waals surface area contributed by atoms with Crippen molar-refractivity contribution in [2.75, 3.05) is 0 Å². The van der Waals surface area contributed by atoms with Gasteiger partial charge in [-0.15, -0.1) is 5.10 Å². The molecule has 6 nitrogen and oxygen atoms in total. The Morgan fingerprint density at radius 2 is 1.95 bits per heavy atom. The lowest BCUT2D eigenvalue weighted by Crippen LogP contribution is -2.03. The molecule has 22 heavy (non-hydrogen) atoms. The minimum atomic E-state index is -1.14. The van der Waals surface area contributed by atoms with Gasteiger partial charge in [0.15, 0.2) is 5.76 Å². The molecule has 0 bridgehead atoms. The van der Waals surface area contributed by atoms with E-state index in [1.165, 1.54) is 16.5 Å². The lowest BCUT2D eigenvalue weighted by Gasteiger charge is -2.08. The lowest BCUT2D eigenvalue weighted by atomic mass is 10.0. The largest absolute Gasteiger partial charge is 0.476 e. The second kappa shape index (κ2) is 5.48. The van der Waals surface area contributed by atoms with Crippen molar-refractivity contribution in [2.45, 2.75) is 19.8 Å². The van der Waals surface area contributed by atoms with Crippen molar-refractivity contribution >= 4 is 5.97 Å². The number of benzene rings is 1. The van der Waals surface area contributed by atoms with Gasteiger partial charge in [-0.25, -0.2) is 9.48 Å². The molecule has 112 valence electrons. The Hall–Kier alpha value is -2.89. The second-order valence-electron chi connectivity index (χ2n) is 5.23. The summed E-state index contributed by atoms with van der Waals surface area (Å²) in [5, 5.41) is 17.0. The molecule has 2 aromatic heterocycles. The number of carboxylic acids is 1. The van der Waals surface area contributed by atoms with Crippen LogP contribution in [-0.4, -0.2) is 26.1 Å². The summed E-state index contributed by atoms with van der Waals surface area (Å²) in [5.74, 6) is -0.310. The molecule has 0 spiro atoms. The minimum absolute atomic E-state index is 0.136. The van der Waals surface area contributed by atoms with Gasteiger partial charge in [0.2, 0.25) is 5.69 Å². The molecule has 6 heteroatoms. The van der Waals surface area contributed by atoms with Crippen LogP contribution in [0.4, 0.5) is 0 Å². The van der Waals surface area contributed by atoms with Crippen LogP contribution in [0, 0.1) is 0 Å². The summed E-state index contributed by atoms with van der Waals surface area (Å²) in [6.45, 7) is 4.22. The van der Waals surface area contributed by atoms with Gasteiger partial charge < -0.3 is 9.52 Å². The highest BCUT2D eigenvalue weighted by atomic mass is 16.4. The average molecular weight is 297 g/mol. The monoisotopic (exact) mass is 297 g/mol. The van der Waals surface area contributed by atoms with Gasteiger partial charge in [-0.2, -0.15) is 0 Å². The molecule has 0 radical (unpaired) electrons. The molecule has 0 amide bonds. The number of carbonyl (C=O) groups is 1. The van der Waals surface area contributed by atoms with Crippen molar-refractivity contribution in [1.82, 2.24) is 15.0 Å². The summed E-state index contributed by atoms with van der Waals surface area (Å²) in [5.41, 5.74) is 2.12. The Labute approximate surface area is 127 Å². The van der Waals surface area contributed by atoms with Crippen LogP contribution in [0.25, 0.3) is 17.1 Å². The quantitative estimate of drug-likeness (QED) is 0.798. The second-order valence-corrected chi connectivity index (χ2v) is 5.23. The summed E-state index contributed by atoms with van der Waals surface area (Å²) in [4.78, 5) is 11.3. The number of carboxylic acid groups (broad SMARTS) is 1. The molecule has 2 heterocycles. The summed E-state index contributed by atoms with van der Waals surface area (Å²) < 4.78 is 6.81. The SMILES string of the molecule is CC(C)c1ccc(-n2nnc(C(=O)O)c2-c2ccco2)cc1. The molecule has 3 rings (SSSR count). The number of aromatic carboxylic acids is 1. The van der Waals surface area contributed by atoms with Crippen LogP contribution in [0.2, 0.25) is 0 Å². The molecule has 0 unspecified atom stereocenters. The van der Waals surface area contributed by atoms with E-state index in [1.807, 2.05) is 24.3 Å². The molecule has 0 aliphatic rings. The van der Waals surface area contributed by atoms with E-state index in [1.54, 1.807) is 12.1 Å². The third-order valence-electron chi connectivity index (χ3n) is 3.43. The van der Waals surface area contributed by atoms with Gasteiger partial charge in [0.25, 0.3) is 0 Å². The molecule has 0 aliphatic heterocycles. The number of nitrogens with zero attached hydrogens (tertiary/aromatic N) is 3. The molecule has 0 saturated carbocycles. The van der Waals surface area contributed by atoms with Gasteiger partial charge in [-0.05, 0) is 35.7 Å². The zero-order valence-electron chi connectivity index (χ0n) is 12.2. The number of furan rings is 1. The summed E-state index contributed by atoms with van der Waals surface area (Å²) >= 11 is 0. The highest BCUT2D eigenvalue weighted by Gasteiger charge is 2.23. The van der Waals surface area contributed by atoms with Crippen molar-refractivity contribution in [3.63, 3.8) is 0 Å². The zero-order valence-corrected chi connectivity index (χ0v) is 12.2. The summed E-state index contributed by atoms with van der Waals surface area (Å²) in [7, 11) is 0. The molecule has 0 atom stereocenters. The van der Waals surface area contributed by atoms with Crippen molar-refractivity contribution in [3.8, 4) is 17.1 Å². The maximum Gasteiger partial charge on any atom is 0.358 e. The van der Waals surface area contributed by atoms with Crippen LogP contribution < -0.4 is 0 Å². The maximum atomic E-state index is 11.3. The third-order valence-corrected chi connectivity index (χ3v) is 3.43. The fourth-order valence-corrected chi connectivity index (χ4v) is 2.24. The predicted octanol–water partition coefficient (Wildman–Crippen LogP) is 3.35. The fourth-order valence-electron chi connectivity index (χ4n) is 2.24. The van der Waals surface area contributed by atoms with Gasteiger partial charge in [0.05, 0.1) is 12.0 Å². The van der Waals surface area contributed by atoms with Crippen LogP contribution in [-0.2, 0) is 0 Å². The molecule has 3 aromatic rings. The van der Waals surface area contributed by atoms with Crippen molar-refractivity contribution in [1.29, 1.82) is 0 Å². The minimum Gasteiger partial charge on any atom is -0.476 e. The first-order valence-corrected chi connectivity index (χ1v) is 6.91. The number of hydrogen-bond donors (Lipinski definition) is 1. The van der Waals surface area contributed by atoms with E-state index in [-0.39, 0.29) is 5.69 Å². The number of aromatic nitrogens is 3. The molecular weight excluding hydrogens is 282 g/mol. The molecule has 0 fully saturated rings. The van der Waals surface area contributed by atoms with Gasteiger partial charge in [0.1, 0.15) is 5.69 Å². The van der Waals surface area contributed by atoms with E-state index in [9.17, 15) is 9.90 Å². The first-order chi connectivity index (χ1) is 10.6. The summed E-state index contributed by atoms with van der Waals surface area (Å²) in [6.07, 6.45) is 1.49. The van der Waals surface area contributed by atoms with E-state index in [0.29, 0.717) is 17.4 Å². The van der Waals surface area contributed by atoms with E-state index < -0.39 is 5.97 Å². The van der Waals surface area contributed by atoms with Crippen molar-refractivity contribution < 1.29 is 14.3 Å². The molecule has 1 aromatic carbocycles. The Balaban J connectivity index is 2.13. The Bertz CT molecular complexity index is 787. The normalized spacial score (nSPS) is 11.0. The molecular formula is C16H15N3O3. The van der Waals surface area contributed by atoms with Gasteiger partial charge in [0, 0.05) is 0 Å². The maximum absolute atomic E-state index is 11.3. The van der Waals surface area contributed by atoms with Crippen LogP contribution in [0.1, 0.15) is 35.8 Å². The van der Waals surface area contributed by atoms with E-state index >= 15 is 0 Å². The molecule has 0 aliphatic carbocycles. The van der Waals surface area contributed by atoms with Gasteiger partial charge >= 0.3 is 5.97 Å². The highest BCUT2D eigenvalue weighted by molar-refractivity contribution is 5.92. The number of hydrogen-bond acceptors (Lipinski definition) is 4. The third kappa shape index (κ3) is 2.39. The highest BCUT2D eigenvalue weighted by Crippen LogP contribution is 2.26. The standard InChI is InChI=1S/C16H15N3O3/c1-10(2)11-5-7-12(8-6-11)19-15(13-4-3-9-22-13)14(16(20)21)17-18-19/h3-10H,1-2H3,(H,20,21). The van der Waals surface area contributed by atoms with Crippen LogP contribution in [0.15, 0.2) is 47.1 Å². The predicted molar refractivity (Wildman–Crippen MR) is 80.1 cm³/mol. The lowest BCUT2D eigenvalue weighted by molar-refractivity contribution is 0.0691. The van der Waals surface area contributed by atoms with Crippen LogP contribution >= 0.6 is 0 Å². The Morgan fingerprint density at radius 3 is 2.50 bits per heavy atom. The smallest absolute Gasteiger partial charge is 0.358 e. The fraction of sp³-hybridized carbons (Fsp3) is 0.188. The van der Waals surface area contributed by atoms with E-state index in [4.69, 9.17) is 4.42 Å². The van der Waals surface area contributed by atoms with Crippen LogP contribution in [0.5, 0.6) is 0 Å². The zero-order chi connectivity index (χ0) is 15.7. The van der Waals surface area contributed by atoms with Crippen molar-refractivity contribution in [3.05, 3.63) is 53.9 Å². The average Bonchev–Trinajstić information content (AvgIpc) is 3.16. The molecule has 0 saturated heterocycles.